The Bertz CT molecular complexity index is 671. The van der Waals surface area contributed by atoms with Crippen LogP contribution < -0.4 is 0 Å². The second kappa shape index (κ2) is 7.05. The molecule has 0 amide bonds. The van der Waals surface area contributed by atoms with Crippen molar-refractivity contribution in [1.82, 2.24) is 0 Å². The number of halogens is 3. The molecular weight excluding hydrogens is 321 g/mol. The van der Waals surface area contributed by atoms with Gasteiger partial charge >= 0.3 is 12.1 Å². The number of esters is 1. The first kappa shape index (κ1) is 18.0. The van der Waals surface area contributed by atoms with Gasteiger partial charge in [0.1, 0.15) is 5.92 Å². The number of hydrogen-bond donors (Lipinski definition) is 1. The number of carbonyl (C=O) groups excluding carboxylic acids is 1. The van der Waals surface area contributed by atoms with Gasteiger partial charge in [0, 0.05) is 0 Å². The average Bonchev–Trinajstić information content (AvgIpc) is 2.59. The molecule has 0 aliphatic rings. The Morgan fingerprint density at radius 3 is 2.00 bits per heavy atom. The molecule has 6 heteroatoms. The second-order valence-electron chi connectivity index (χ2n) is 5.40. The molecule has 0 aliphatic carbocycles. The third-order valence-electron chi connectivity index (χ3n) is 3.92. The highest BCUT2D eigenvalue weighted by molar-refractivity contribution is 5.75. The summed E-state index contributed by atoms with van der Waals surface area (Å²) in [5, 5.41) is 10.6. The fourth-order valence-corrected chi connectivity index (χ4v) is 2.65. The van der Waals surface area contributed by atoms with E-state index >= 15 is 0 Å². The fourth-order valence-electron chi connectivity index (χ4n) is 2.65. The van der Waals surface area contributed by atoms with Crippen molar-refractivity contribution in [3.8, 4) is 0 Å². The summed E-state index contributed by atoms with van der Waals surface area (Å²) in [5.74, 6) is -2.95. The van der Waals surface area contributed by atoms with Crippen LogP contribution in [0.2, 0.25) is 0 Å². The van der Waals surface area contributed by atoms with Crippen LogP contribution in [0.3, 0.4) is 0 Å². The quantitative estimate of drug-likeness (QED) is 0.849. The number of aliphatic hydroxyl groups is 1. The first-order chi connectivity index (χ1) is 11.3. The van der Waals surface area contributed by atoms with Gasteiger partial charge in [-0.2, -0.15) is 13.2 Å². The molecule has 0 heterocycles. The van der Waals surface area contributed by atoms with Gasteiger partial charge in [0.2, 0.25) is 0 Å². The standard InChI is InChI=1S/C18H17F3O3/c1-24-16(22)15(12-13-8-4-2-5-9-13)17(23,18(19,20)21)14-10-6-3-7-11-14/h2-11,15,23H,12H2,1H3. The lowest BCUT2D eigenvalue weighted by molar-refractivity contribution is -0.286. The van der Waals surface area contributed by atoms with Crippen molar-refractivity contribution in [2.45, 2.75) is 18.2 Å². The van der Waals surface area contributed by atoms with E-state index in [1.165, 1.54) is 18.2 Å². The van der Waals surface area contributed by atoms with Crippen LogP contribution in [-0.4, -0.2) is 24.4 Å². The molecule has 0 aliphatic heterocycles. The molecule has 0 fully saturated rings. The van der Waals surface area contributed by atoms with Gasteiger partial charge in [0.05, 0.1) is 7.11 Å². The number of benzene rings is 2. The number of carbonyl (C=O) groups is 1. The van der Waals surface area contributed by atoms with Crippen molar-refractivity contribution in [3.05, 3.63) is 71.8 Å². The first-order valence-corrected chi connectivity index (χ1v) is 7.27. The van der Waals surface area contributed by atoms with Crippen molar-refractivity contribution < 1.29 is 27.8 Å². The maximum Gasteiger partial charge on any atom is 0.422 e. The van der Waals surface area contributed by atoms with Gasteiger partial charge in [-0.1, -0.05) is 60.7 Å². The number of methoxy groups -OCH3 is 1. The SMILES string of the molecule is COC(=O)C(Cc1ccccc1)C(O)(c1ccccc1)C(F)(F)F. The van der Waals surface area contributed by atoms with Gasteiger partial charge in [-0.3, -0.25) is 4.79 Å². The molecule has 0 bridgehead atoms. The zero-order chi connectivity index (χ0) is 17.8. The fraction of sp³-hybridized carbons (Fsp3) is 0.278. The molecule has 128 valence electrons. The second-order valence-corrected chi connectivity index (χ2v) is 5.40. The van der Waals surface area contributed by atoms with Crippen LogP contribution in [0.1, 0.15) is 11.1 Å². The molecule has 0 saturated carbocycles. The maximum absolute atomic E-state index is 13.8. The summed E-state index contributed by atoms with van der Waals surface area (Å²) in [6.45, 7) is 0. The number of rotatable bonds is 5. The minimum absolute atomic E-state index is 0.307. The predicted molar refractivity (Wildman–Crippen MR) is 82.0 cm³/mol. The zero-order valence-electron chi connectivity index (χ0n) is 13.0. The Balaban J connectivity index is 2.56. The zero-order valence-corrected chi connectivity index (χ0v) is 13.0. The number of alkyl halides is 3. The summed E-state index contributed by atoms with van der Waals surface area (Å²) >= 11 is 0. The summed E-state index contributed by atoms with van der Waals surface area (Å²) in [7, 11) is 1.00. The van der Waals surface area contributed by atoms with Crippen molar-refractivity contribution in [2.24, 2.45) is 5.92 Å². The summed E-state index contributed by atoms with van der Waals surface area (Å²) in [6.07, 6.45) is -5.36. The van der Waals surface area contributed by atoms with Crippen LogP contribution in [-0.2, 0) is 21.6 Å². The summed E-state index contributed by atoms with van der Waals surface area (Å²) < 4.78 is 45.9. The summed E-state index contributed by atoms with van der Waals surface area (Å²) in [4.78, 5) is 12.1. The minimum Gasteiger partial charge on any atom is -0.469 e. The Hall–Kier alpha value is -2.34. The van der Waals surface area contributed by atoms with Crippen LogP contribution in [0.4, 0.5) is 13.2 Å². The Morgan fingerprint density at radius 1 is 1.04 bits per heavy atom. The lowest BCUT2D eigenvalue weighted by Gasteiger charge is -2.36. The molecule has 2 aromatic carbocycles. The molecular formula is C18H17F3O3. The topological polar surface area (TPSA) is 46.5 Å². The largest absolute Gasteiger partial charge is 0.469 e. The lowest BCUT2D eigenvalue weighted by Crippen LogP contribution is -2.52. The molecule has 0 aromatic heterocycles. The van der Waals surface area contributed by atoms with E-state index in [-0.39, 0.29) is 6.42 Å². The molecule has 0 spiro atoms. The van der Waals surface area contributed by atoms with E-state index in [1.807, 2.05) is 0 Å². The number of hydrogen-bond acceptors (Lipinski definition) is 3. The molecule has 0 saturated heterocycles. The van der Waals surface area contributed by atoms with Crippen LogP contribution in [0.15, 0.2) is 60.7 Å². The molecule has 0 radical (unpaired) electrons. The third kappa shape index (κ3) is 3.43. The van der Waals surface area contributed by atoms with Gasteiger partial charge in [-0.05, 0) is 17.5 Å². The minimum atomic E-state index is -5.05. The van der Waals surface area contributed by atoms with E-state index < -0.39 is 29.2 Å². The van der Waals surface area contributed by atoms with E-state index in [2.05, 4.69) is 4.74 Å². The molecule has 2 rings (SSSR count). The van der Waals surface area contributed by atoms with E-state index in [9.17, 15) is 23.1 Å². The number of ether oxygens (including phenoxy) is 1. The van der Waals surface area contributed by atoms with Crippen molar-refractivity contribution >= 4 is 5.97 Å². The Labute approximate surface area is 137 Å². The Kier molecular flexibility index (Phi) is 5.29. The summed E-state index contributed by atoms with van der Waals surface area (Å²) in [6, 6.07) is 14.8. The lowest BCUT2D eigenvalue weighted by atomic mass is 9.77. The van der Waals surface area contributed by atoms with Gasteiger partial charge in [-0.25, -0.2) is 0 Å². The molecule has 3 nitrogen and oxygen atoms in total. The van der Waals surface area contributed by atoms with Crippen molar-refractivity contribution in [1.29, 1.82) is 0 Å². The summed E-state index contributed by atoms with van der Waals surface area (Å²) in [5.41, 5.74) is -3.26. The highest BCUT2D eigenvalue weighted by atomic mass is 19.4. The van der Waals surface area contributed by atoms with Gasteiger partial charge in [0.15, 0.2) is 5.60 Å². The molecule has 24 heavy (non-hydrogen) atoms. The molecule has 2 aromatic rings. The van der Waals surface area contributed by atoms with Gasteiger partial charge in [0.25, 0.3) is 0 Å². The van der Waals surface area contributed by atoms with Crippen molar-refractivity contribution in [3.63, 3.8) is 0 Å². The third-order valence-corrected chi connectivity index (χ3v) is 3.92. The monoisotopic (exact) mass is 338 g/mol. The van der Waals surface area contributed by atoms with E-state index in [4.69, 9.17) is 0 Å². The molecule has 1 N–H and O–H groups in total. The molecule has 2 unspecified atom stereocenters. The molecule has 2 atom stereocenters. The highest BCUT2D eigenvalue weighted by Crippen LogP contribution is 2.46. The van der Waals surface area contributed by atoms with Crippen LogP contribution in [0, 0.1) is 5.92 Å². The van der Waals surface area contributed by atoms with E-state index in [0.29, 0.717) is 5.56 Å². The van der Waals surface area contributed by atoms with E-state index in [1.54, 1.807) is 30.3 Å². The van der Waals surface area contributed by atoms with Crippen LogP contribution in [0.5, 0.6) is 0 Å². The van der Waals surface area contributed by atoms with Gasteiger partial charge < -0.3 is 9.84 Å². The van der Waals surface area contributed by atoms with Crippen LogP contribution in [0.25, 0.3) is 0 Å². The van der Waals surface area contributed by atoms with Crippen LogP contribution >= 0.6 is 0 Å². The van der Waals surface area contributed by atoms with Gasteiger partial charge in [-0.15, -0.1) is 0 Å². The smallest absolute Gasteiger partial charge is 0.422 e. The normalized spacial score (nSPS) is 15.4. The Morgan fingerprint density at radius 2 is 1.54 bits per heavy atom. The predicted octanol–water partition coefficient (Wildman–Crippen LogP) is 3.47. The van der Waals surface area contributed by atoms with Crippen molar-refractivity contribution in [2.75, 3.05) is 7.11 Å². The first-order valence-electron chi connectivity index (χ1n) is 7.27. The highest BCUT2D eigenvalue weighted by Gasteiger charge is 2.62. The van der Waals surface area contributed by atoms with E-state index in [0.717, 1.165) is 19.2 Å². The maximum atomic E-state index is 13.8. The average molecular weight is 338 g/mol.